The van der Waals surface area contributed by atoms with E-state index in [0.29, 0.717) is 6.54 Å². The van der Waals surface area contributed by atoms with Crippen LogP contribution in [0.3, 0.4) is 0 Å². The van der Waals surface area contributed by atoms with Crippen LogP contribution in [0.1, 0.15) is 12.6 Å². The predicted octanol–water partition coefficient (Wildman–Crippen LogP) is 0.166. The lowest BCUT2D eigenvalue weighted by molar-refractivity contribution is -0.139. The quantitative estimate of drug-likeness (QED) is 0.683. The van der Waals surface area contributed by atoms with E-state index in [2.05, 4.69) is 15.2 Å². The molecule has 5 nitrogen and oxygen atoms in total. The number of carbonyl (C=O) groups excluding carboxylic acids is 1. The summed E-state index contributed by atoms with van der Waals surface area (Å²) in [6.07, 6.45) is 1.75. The summed E-state index contributed by atoms with van der Waals surface area (Å²) in [5.41, 5.74) is 1.07. The Balaban J connectivity index is 2.34. The maximum absolute atomic E-state index is 10.8. The van der Waals surface area contributed by atoms with E-state index in [9.17, 15) is 4.79 Å². The third-order valence-corrected chi connectivity index (χ3v) is 1.91. The first-order valence-electron chi connectivity index (χ1n) is 4.56. The summed E-state index contributed by atoms with van der Waals surface area (Å²) in [5.74, 6) is -0.257. The second-order valence-corrected chi connectivity index (χ2v) is 2.82. The number of esters is 1. The largest absolute Gasteiger partial charge is 0.468 e. The van der Waals surface area contributed by atoms with Gasteiger partial charge in [0.2, 0.25) is 0 Å². The zero-order valence-electron chi connectivity index (χ0n) is 8.49. The highest BCUT2D eigenvalue weighted by Crippen LogP contribution is 1.97. The zero-order valence-corrected chi connectivity index (χ0v) is 8.49. The zero-order chi connectivity index (χ0) is 10.4. The molecule has 1 N–H and O–H groups in total. The molecule has 0 spiro atoms. The highest BCUT2D eigenvalue weighted by molar-refractivity contribution is 5.71. The minimum absolute atomic E-state index is 0.228. The highest BCUT2D eigenvalue weighted by atomic mass is 16.5. The summed E-state index contributed by atoms with van der Waals surface area (Å²) >= 11 is 0. The van der Waals surface area contributed by atoms with Crippen LogP contribution >= 0.6 is 0 Å². The Morgan fingerprint density at radius 2 is 2.50 bits per heavy atom. The third-order valence-electron chi connectivity index (χ3n) is 1.91. The summed E-state index contributed by atoms with van der Waals surface area (Å²) in [7, 11) is 1.38. The summed E-state index contributed by atoms with van der Waals surface area (Å²) in [5, 5.41) is 7.09. The standard InChI is InChI=1S/C9H15N3O2/c1-3-12-8(4-5-11-12)6-10-7-9(13)14-2/h4-5,10H,3,6-7H2,1-2H3. The number of nitrogens with one attached hydrogen (secondary N) is 1. The number of rotatable bonds is 5. The van der Waals surface area contributed by atoms with Gasteiger partial charge in [0.15, 0.2) is 0 Å². The van der Waals surface area contributed by atoms with Gasteiger partial charge in [-0.1, -0.05) is 0 Å². The Morgan fingerprint density at radius 1 is 1.71 bits per heavy atom. The fraction of sp³-hybridized carbons (Fsp3) is 0.556. The predicted molar refractivity (Wildman–Crippen MR) is 51.6 cm³/mol. The molecule has 0 aromatic carbocycles. The summed E-state index contributed by atoms with van der Waals surface area (Å²) in [4.78, 5) is 10.8. The van der Waals surface area contributed by atoms with Crippen LogP contribution in [0, 0.1) is 0 Å². The number of aromatic nitrogens is 2. The van der Waals surface area contributed by atoms with E-state index >= 15 is 0 Å². The molecule has 0 fully saturated rings. The van der Waals surface area contributed by atoms with E-state index in [1.54, 1.807) is 6.20 Å². The van der Waals surface area contributed by atoms with Crippen LogP contribution in [0.4, 0.5) is 0 Å². The van der Waals surface area contributed by atoms with Gasteiger partial charge in [-0.05, 0) is 13.0 Å². The van der Waals surface area contributed by atoms with Crippen LogP contribution < -0.4 is 5.32 Å². The van der Waals surface area contributed by atoms with Crippen molar-refractivity contribution in [3.05, 3.63) is 18.0 Å². The number of hydrogen-bond acceptors (Lipinski definition) is 4. The molecule has 78 valence electrons. The number of aryl methyl sites for hydroxylation is 1. The number of methoxy groups -OCH3 is 1. The molecule has 1 aromatic heterocycles. The lowest BCUT2D eigenvalue weighted by atomic mass is 10.4. The number of carbonyl (C=O) groups is 1. The molecular formula is C9H15N3O2. The molecule has 0 aliphatic carbocycles. The Hall–Kier alpha value is -1.36. The summed E-state index contributed by atoms with van der Waals surface area (Å²) in [6.45, 7) is 3.72. The molecule has 1 heterocycles. The normalized spacial score (nSPS) is 10.1. The van der Waals surface area contributed by atoms with E-state index < -0.39 is 0 Å². The van der Waals surface area contributed by atoms with E-state index in [4.69, 9.17) is 0 Å². The van der Waals surface area contributed by atoms with Crippen LogP contribution in [-0.4, -0.2) is 29.4 Å². The monoisotopic (exact) mass is 197 g/mol. The molecule has 0 aliphatic heterocycles. The van der Waals surface area contributed by atoms with Crippen molar-refractivity contribution in [3.8, 4) is 0 Å². The smallest absolute Gasteiger partial charge is 0.319 e. The van der Waals surface area contributed by atoms with E-state index in [0.717, 1.165) is 12.2 Å². The molecule has 0 aliphatic rings. The molecule has 0 atom stereocenters. The SMILES string of the molecule is CCn1nccc1CNCC(=O)OC. The molecule has 0 saturated carbocycles. The molecule has 14 heavy (non-hydrogen) atoms. The maximum Gasteiger partial charge on any atom is 0.319 e. The fourth-order valence-corrected chi connectivity index (χ4v) is 1.16. The van der Waals surface area contributed by atoms with Crippen molar-refractivity contribution in [2.45, 2.75) is 20.0 Å². The van der Waals surface area contributed by atoms with Crippen molar-refractivity contribution in [2.75, 3.05) is 13.7 Å². The Morgan fingerprint density at radius 3 is 3.14 bits per heavy atom. The third kappa shape index (κ3) is 2.85. The van der Waals surface area contributed by atoms with Crippen LogP contribution in [0.15, 0.2) is 12.3 Å². The molecule has 1 aromatic rings. The molecule has 0 radical (unpaired) electrons. The second-order valence-electron chi connectivity index (χ2n) is 2.82. The van der Waals surface area contributed by atoms with Crippen molar-refractivity contribution in [3.63, 3.8) is 0 Å². The topological polar surface area (TPSA) is 56.2 Å². The molecule has 0 saturated heterocycles. The fourth-order valence-electron chi connectivity index (χ4n) is 1.16. The number of nitrogens with zero attached hydrogens (tertiary/aromatic N) is 2. The van der Waals surface area contributed by atoms with Gasteiger partial charge in [0.25, 0.3) is 0 Å². The average molecular weight is 197 g/mol. The van der Waals surface area contributed by atoms with Gasteiger partial charge < -0.3 is 10.1 Å². The first kappa shape index (κ1) is 10.7. The van der Waals surface area contributed by atoms with E-state index in [-0.39, 0.29) is 12.5 Å². The lowest BCUT2D eigenvalue weighted by Gasteiger charge is -2.05. The Kier molecular flexibility index (Phi) is 4.12. The lowest BCUT2D eigenvalue weighted by Crippen LogP contribution is -2.24. The van der Waals surface area contributed by atoms with Crippen molar-refractivity contribution in [2.24, 2.45) is 0 Å². The van der Waals surface area contributed by atoms with E-state index in [1.165, 1.54) is 7.11 Å². The Labute approximate surface area is 83.1 Å². The van der Waals surface area contributed by atoms with Gasteiger partial charge in [-0.3, -0.25) is 9.48 Å². The highest BCUT2D eigenvalue weighted by Gasteiger charge is 2.02. The van der Waals surface area contributed by atoms with Gasteiger partial charge in [0.05, 0.1) is 19.3 Å². The molecule has 0 bridgehead atoms. The van der Waals surface area contributed by atoms with Crippen molar-refractivity contribution < 1.29 is 9.53 Å². The molecule has 5 heteroatoms. The van der Waals surface area contributed by atoms with Gasteiger partial charge >= 0.3 is 5.97 Å². The van der Waals surface area contributed by atoms with Crippen LogP contribution in [0.25, 0.3) is 0 Å². The molecule has 0 amide bonds. The van der Waals surface area contributed by atoms with Gasteiger partial charge in [0, 0.05) is 19.3 Å². The van der Waals surface area contributed by atoms with Crippen LogP contribution in [0.2, 0.25) is 0 Å². The maximum atomic E-state index is 10.8. The average Bonchev–Trinajstić information content (AvgIpc) is 2.65. The minimum Gasteiger partial charge on any atom is -0.468 e. The summed E-state index contributed by atoms with van der Waals surface area (Å²) in [6, 6.07) is 1.92. The van der Waals surface area contributed by atoms with Gasteiger partial charge in [-0.25, -0.2) is 0 Å². The van der Waals surface area contributed by atoms with Crippen molar-refractivity contribution in [1.82, 2.24) is 15.1 Å². The molecular weight excluding hydrogens is 182 g/mol. The minimum atomic E-state index is -0.257. The van der Waals surface area contributed by atoms with Crippen LogP contribution in [0.5, 0.6) is 0 Å². The number of hydrogen-bond donors (Lipinski definition) is 1. The van der Waals surface area contributed by atoms with Gasteiger partial charge in [0.1, 0.15) is 0 Å². The van der Waals surface area contributed by atoms with Crippen molar-refractivity contribution >= 4 is 5.97 Å². The molecule has 1 rings (SSSR count). The van der Waals surface area contributed by atoms with Crippen molar-refractivity contribution in [1.29, 1.82) is 0 Å². The summed E-state index contributed by atoms with van der Waals surface area (Å²) < 4.78 is 6.38. The first-order valence-corrected chi connectivity index (χ1v) is 4.56. The second kappa shape index (κ2) is 5.39. The van der Waals surface area contributed by atoms with Crippen LogP contribution in [-0.2, 0) is 22.6 Å². The Bertz CT molecular complexity index is 296. The molecule has 0 unspecified atom stereocenters. The number of ether oxygens (including phenoxy) is 1. The van der Waals surface area contributed by atoms with E-state index in [1.807, 2.05) is 17.7 Å². The first-order chi connectivity index (χ1) is 6.77. The van der Waals surface area contributed by atoms with Gasteiger partial charge in [-0.2, -0.15) is 5.10 Å². The van der Waals surface area contributed by atoms with Gasteiger partial charge in [-0.15, -0.1) is 0 Å².